The van der Waals surface area contributed by atoms with Crippen molar-refractivity contribution in [3.8, 4) is 0 Å². The van der Waals surface area contributed by atoms with E-state index in [1.165, 1.54) is 12.1 Å². The number of benzene rings is 2. The monoisotopic (exact) mass is 381 g/mol. The van der Waals surface area contributed by atoms with Gasteiger partial charge in [-0.05, 0) is 54.0 Å². The fourth-order valence-corrected chi connectivity index (χ4v) is 4.46. The highest BCUT2D eigenvalue weighted by molar-refractivity contribution is 7.98. The van der Waals surface area contributed by atoms with E-state index in [9.17, 15) is 14.0 Å². The topological polar surface area (TPSA) is 46.2 Å². The normalized spacial score (nSPS) is 22.4. The molecule has 1 heterocycles. The van der Waals surface area contributed by atoms with E-state index in [-0.39, 0.29) is 29.3 Å². The molecule has 0 radical (unpaired) electrons. The number of hydrogen-bond donors (Lipinski definition) is 1. The molecule has 3 nitrogen and oxygen atoms in total. The van der Waals surface area contributed by atoms with Gasteiger partial charge in [0.2, 0.25) is 5.91 Å². The number of amides is 1. The molecule has 1 aliphatic carbocycles. The molecule has 4 rings (SSSR count). The lowest BCUT2D eigenvalue weighted by Crippen LogP contribution is -2.38. The minimum atomic E-state index is -0.291. The minimum Gasteiger partial charge on any atom is -0.329 e. The highest BCUT2D eigenvalue weighted by Crippen LogP contribution is 2.42. The molecule has 2 aromatic rings. The fraction of sp³-hybridized carbons (Fsp3) is 0.273. The standard InChI is InChI=1S/C22H20FNO2S/c1-27-17-8-4-14(5-9-17)18-12-21(26)24-19-10-15(11-20(25)22(18)19)13-2-6-16(23)7-3-13/h2-9,15,18H,10-12H2,1H3,(H,24,26)/t15-,18+/m1/s1. The van der Waals surface area contributed by atoms with Crippen LogP contribution in [0.2, 0.25) is 0 Å². The van der Waals surface area contributed by atoms with Crippen LogP contribution >= 0.6 is 11.8 Å². The van der Waals surface area contributed by atoms with Crippen LogP contribution in [0.25, 0.3) is 0 Å². The van der Waals surface area contributed by atoms with Crippen LogP contribution in [-0.4, -0.2) is 17.9 Å². The van der Waals surface area contributed by atoms with Crippen LogP contribution < -0.4 is 5.32 Å². The SMILES string of the molecule is CSc1ccc([C@@H]2CC(=O)NC3=C2C(=O)C[C@H](c2ccc(F)cc2)C3)cc1. The van der Waals surface area contributed by atoms with Crippen LogP contribution in [0.3, 0.4) is 0 Å². The number of nitrogens with one attached hydrogen (secondary N) is 1. The number of hydrogen-bond acceptors (Lipinski definition) is 3. The molecule has 0 spiro atoms. The number of halogens is 1. The van der Waals surface area contributed by atoms with E-state index in [0.29, 0.717) is 19.3 Å². The quantitative estimate of drug-likeness (QED) is 0.794. The molecule has 2 atom stereocenters. The van der Waals surface area contributed by atoms with Crippen LogP contribution in [0.5, 0.6) is 0 Å². The predicted molar refractivity (Wildman–Crippen MR) is 104 cm³/mol. The van der Waals surface area contributed by atoms with Gasteiger partial charge in [0.15, 0.2) is 5.78 Å². The second-order valence-corrected chi connectivity index (χ2v) is 7.93. The van der Waals surface area contributed by atoms with Gasteiger partial charge in [-0.1, -0.05) is 24.3 Å². The number of rotatable bonds is 3. The second-order valence-electron chi connectivity index (χ2n) is 7.05. The smallest absolute Gasteiger partial charge is 0.225 e. The van der Waals surface area contributed by atoms with Gasteiger partial charge < -0.3 is 5.32 Å². The van der Waals surface area contributed by atoms with Gasteiger partial charge in [-0.15, -0.1) is 11.8 Å². The molecule has 1 N–H and O–H groups in total. The van der Waals surface area contributed by atoms with Gasteiger partial charge in [0, 0.05) is 34.9 Å². The first kappa shape index (κ1) is 18.0. The van der Waals surface area contributed by atoms with Crippen molar-refractivity contribution in [2.24, 2.45) is 0 Å². The molecule has 0 fully saturated rings. The molecule has 0 bridgehead atoms. The van der Waals surface area contributed by atoms with E-state index >= 15 is 0 Å². The van der Waals surface area contributed by atoms with Gasteiger partial charge in [-0.25, -0.2) is 4.39 Å². The first-order valence-electron chi connectivity index (χ1n) is 9.00. The summed E-state index contributed by atoms with van der Waals surface area (Å²) < 4.78 is 13.2. The second kappa shape index (κ2) is 7.31. The summed E-state index contributed by atoms with van der Waals surface area (Å²) >= 11 is 1.66. The average molecular weight is 381 g/mol. The Morgan fingerprint density at radius 2 is 1.59 bits per heavy atom. The summed E-state index contributed by atoms with van der Waals surface area (Å²) in [6, 6.07) is 14.4. The fourth-order valence-electron chi connectivity index (χ4n) is 4.05. The zero-order valence-electron chi connectivity index (χ0n) is 15.0. The largest absolute Gasteiger partial charge is 0.329 e. The Morgan fingerprint density at radius 1 is 0.926 bits per heavy atom. The van der Waals surface area contributed by atoms with Crippen molar-refractivity contribution in [3.63, 3.8) is 0 Å². The van der Waals surface area contributed by atoms with Crippen LogP contribution in [0, 0.1) is 5.82 Å². The molecular formula is C22H20FNO2S. The summed E-state index contributed by atoms with van der Waals surface area (Å²) in [5.41, 5.74) is 3.40. The summed E-state index contributed by atoms with van der Waals surface area (Å²) in [5.74, 6) is -0.494. The molecule has 0 aromatic heterocycles. The van der Waals surface area contributed by atoms with Gasteiger partial charge in [-0.2, -0.15) is 0 Å². The third-order valence-electron chi connectivity index (χ3n) is 5.40. The van der Waals surface area contributed by atoms with Crippen molar-refractivity contribution in [1.82, 2.24) is 5.32 Å². The molecule has 2 aliphatic rings. The highest BCUT2D eigenvalue weighted by atomic mass is 32.2. The number of thioether (sulfide) groups is 1. The van der Waals surface area contributed by atoms with Crippen LogP contribution in [0.15, 0.2) is 64.7 Å². The van der Waals surface area contributed by atoms with Gasteiger partial charge in [-0.3, -0.25) is 9.59 Å². The number of carbonyl (C=O) groups is 2. The first-order chi connectivity index (χ1) is 13.0. The predicted octanol–water partition coefficient (Wildman–Crippen LogP) is 4.55. The minimum absolute atomic E-state index is 0.0326. The Hall–Kier alpha value is -2.40. The number of carbonyl (C=O) groups excluding carboxylic acids is 2. The lowest BCUT2D eigenvalue weighted by atomic mass is 9.73. The van der Waals surface area contributed by atoms with Crippen LogP contribution in [-0.2, 0) is 9.59 Å². The molecule has 5 heteroatoms. The van der Waals surface area contributed by atoms with E-state index in [1.54, 1.807) is 23.9 Å². The van der Waals surface area contributed by atoms with Gasteiger partial charge >= 0.3 is 0 Å². The van der Waals surface area contributed by atoms with E-state index in [1.807, 2.05) is 30.5 Å². The summed E-state index contributed by atoms with van der Waals surface area (Å²) in [6.45, 7) is 0. The highest BCUT2D eigenvalue weighted by Gasteiger charge is 2.38. The lowest BCUT2D eigenvalue weighted by molar-refractivity contribution is -0.122. The molecule has 27 heavy (non-hydrogen) atoms. The van der Waals surface area contributed by atoms with Crippen LogP contribution in [0.1, 0.15) is 42.2 Å². The Kier molecular flexibility index (Phi) is 4.87. The average Bonchev–Trinajstić information content (AvgIpc) is 2.67. The number of ketones is 1. The molecule has 1 amide bonds. The zero-order chi connectivity index (χ0) is 19.0. The molecule has 0 saturated heterocycles. The van der Waals surface area contributed by atoms with Crippen molar-refractivity contribution < 1.29 is 14.0 Å². The van der Waals surface area contributed by atoms with E-state index in [4.69, 9.17) is 0 Å². The van der Waals surface area contributed by atoms with Gasteiger partial charge in [0.1, 0.15) is 5.82 Å². The number of allylic oxidation sites excluding steroid dienone is 2. The van der Waals surface area contributed by atoms with Crippen molar-refractivity contribution in [1.29, 1.82) is 0 Å². The first-order valence-corrected chi connectivity index (χ1v) is 10.2. The van der Waals surface area contributed by atoms with E-state index in [2.05, 4.69) is 5.32 Å². The van der Waals surface area contributed by atoms with Gasteiger partial charge in [0.05, 0.1) is 0 Å². The molecule has 0 unspecified atom stereocenters. The Morgan fingerprint density at radius 3 is 2.26 bits per heavy atom. The van der Waals surface area contributed by atoms with Crippen LogP contribution in [0.4, 0.5) is 4.39 Å². The maximum Gasteiger partial charge on any atom is 0.225 e. The molecular weight excluding hydrogens is 361 g/mol. The molecule has 1 aliphatic heterocycles. The third-order valence-corrected chi connectivity index (χ3v) is 6.14. The van der Waals surface area contributed by atoms with Gasteiger partial charge in [0.25, 0.3) is 0 Å². The maximum atomic E-state index is 13.2. The van der Waals surface area contributed by atoms with Crippen molar-refractivity contribution in [3.05, 3.63) is 76.7 Å². The molecule has 0 saturated carbocycles. The Bertz CT molecular complexity index is 918. The van der Waals surface area contributed by atoms with Crippen molar-refractivity contribution in [2.45, 2.75) is 36.0 Å². The summed E-state index contributed by atoms with van der Waals surface area (Å²) in [6.07, 6.45) is 3.30. The summed E-state index contributed by atoms with van der Waals surface area (Å²) in [4.78, 5) is 26.5. The molecule has 138 valence electrons. The Labute approximate surface area is 162 Å². The maximum absolute atomic E-state index is 13.2. The van der Waals surface area contributed by atoms with Crippen molar-refractivity contribution >= 4 is 23.5 Å². The summed E-state index contributed by atoms with van der Waals surface area (Å²) in [5, 5.41) is 2.92. The summed E-state index contributed by atoms with van der Waals surface area (Å²) in [7, 11) is 0. The Balaban J connectivity index is 1.68. The lowest BCUT2D eigenvalue weighted by Gasteiger charge is -2.34. The van der Waals surface area contributed by atoms with Crippen molar-refractivity contribution in [2.75, 3.05) is 6.26 Å². The molecule has 2 aromatic carbocycles. The van der Waals surface area contributed by atoms with E-state index in [0.717, 1.165) is 27.3 Å². The zero-order valence-corrected chi connectivity index (χ0v) is 15.8. The number of Topliss-reactive ketones (excluding diaryl/α,β-unsaturated/α-hetero) is 1. The third kappa shape index (κ3) is 3.56. The van der Waals surface area contributed by atoms with E-state index < -0.39 is 0 Å².